The summed E-state index contributed by atoms with van der Waals surface area (Å²) in [5, 5.41) is 22.2. The summed E-state index contributed by atoms with van der Waals surface area (Å²) in [5.41, 5.74) is 0. The standard InChI is InChI=1S/C19H36N2O5/c1-2-3-4-5-6-7-8-9-10-11-12-13-14-20-19(26)21-16(18(24)25)15-17(22)23/h16H,2-15H2,1H3,(H,22,23)(H,24,25)(H2,20,21,26)/t16-/m0/s1. The summed E-state index contributed by atoms with van der Waals surface area (Å²) in [6.07, 6.45) is 14.2. The highest BCUT2D eigenvalue weighted by molar-refractivity contribution is 5.86. The van der Waals surface area contributed by atoms with Gasteiger partial charge in [-0.05, 0) is 6.42 Å². The molecule has 2 amide bonds. The van der Waals surface area contributed by atoms with E-state index in [1.165, 1.54) is 57.8 Å². The van der Waals surface area contributed by atoms with Gasteiger partial charge in [-0.25, -0.2) is 9.59 Å². The number of carbonyl (C=O) groups is 3. The first kappa shape index (κ1) is 24.2. The smallest absolute Gasteiger partial charge is 0.326 e. The van der Waals surface area contributed by atoms with E-state index in [0.29, 0.717) is 6.54 Å². The molecular formula is C19H36N2O5. The zero-order valence-corrected chi connectivity index (χ0v) is 16.1. The van der Waals surface area contributed by atoms with Crippen LogP contribution in [-0.4, -0.2) is 40.8 Å². The maximum absolute atomic E-state index is 11.6. The minimum Gasteiger partial charge on any atom is -0.481 e. The highest BCUT2D eigenvalue weighted by Crippen LogP contribution is 2.11. The van der Waals surface area contributed by atoms with Crippen molar-refractivity contribution in [1.82, 2.24) is 10.6 Å². The topological polar surface area (TPSA) is 116 Å². The van der Waals surface area contributed by atoms with E-state index in [9.17, 15) is 14.4 Å². The van der Waals surface area contributed by atoms with E-state index in [0.717, 1.165) is 19.3 Å². The fourth-order valence-corrected chi connectivity index (χ4v) is 2.75. The Bertz CT molecular complexity index is 401. The first-order valence-electron chi connectivity index (χ1n) is 9.96. The Morgan fingerprint density at radius 2 is 1.23 bits per heavy atom. The molecule has 1 atom stereocenters. The predicted molar refractivity (Wildman–Crippen MR) is 101 cm³/mol. The zero-order valence-electron chi connectivity index (χ0n) is 16.1. The lowest BCUT2D eigenvalue weighted by Crippen LogP contribution is -2.47. The highest BCUT2D eigenvalue weighted by Gasteiger charge is 2.22. The van der Waals surface area contributed by atoms with E-state index in [1.807, 2.05) is 0 Å². The molecule has 0 aromatic carbocycles. The van der Waals surface area contributed by atoms with Crippen molar-refractivity contribution in [1.29, 1.82) is 0 Å². The van der Waals surface area contributed by atoms with Crippen LogP contribution in [0.5, 0.6) is 0 Å². The monoisotopic (exact) mass is 372 g/mol. The molecule has 0 unspecified atom stereocenters. The minimum absolute atomic E-state index is 0.461. The van der Waals surface area contributed by atoms with E-state index >= 15 is 0 Å². The van der Waals surface area contributed by atoms with Crippen LogP contribution in [0.4, 0.5) is 4.79 Å². The van der Waals surface area contributed by atoms with E-state index < -0.39 is 30.4 Å². The van der Waals surface area contributed by atoms with Gasteiger partial charge in [0.2, 0.25) is 0 Å². The van der Waals surface area contributed by atoms with Crippen molar-refractivity contribution in [2.24, 2.45) is 0 Å². The van der Waals surface area contributed by atoms with Crippen molar-refractivity contribution >= 4 is 18.0 Å². The number of rotatable bonds is 17. The minimum atomic E-state index is -1.41. The van der Waals surface area contributed by atoms with Crippen LogP contribution in [0.25, 0.3) is 0 Å². The fourth-order valence-electron chi connectivity index (χ4n) is 2.75. The van der Waals surface area contributed by atoms with Gasteiger partial charge >= 0.3 is 18.0 Å². The number of aliphatic carboxylic acids is 2. The molecule has 0 aliphatic rings. The Kier molecular flexibility index (Phi) is 15.5. The molecule has 0 saturated heterocycles. The number of urea groups is 1. The summed E-state index contributed by atoms with van der Waals surface area (Å²) in [5.74, 6) is -2.62. The summed E-state index contributed by atoms with van der Waals surface area (Å²) in [4.78, 5) is 33.0. The lowest BCUT2D eigenvalue weighted by molar-refractivity contribution is -0.145. The van der Waals surface area contributed by atoms with E-state index in [4.69, 9.17) is 10.2 Å². The first-order valence-corrected chi connectivity index (χ1v) is 9.96. The van der Waals surface area contributed by atoms with Gasteiger partial charge in [-0.2, -0.15) is 0 Å². The molecule has 152 valence electrons. The summed E-state index contributed by atoms with van der Waals surface area (Å²) >= 11 is 0. The van der Waals surface area contributed by atoms with Crippen molar-refractivity contribution in [3.8, 4) is 0 Å². The molecule has 0 aliphatic carbocycles. The number of unbranched alkanes of at least 4 members (excludes halogenated alkanes) is 11. The molecule has 0 heterocycles. The molecule has 26 heavy (non-hydrogen) atoms. The van der Waals surface area contributed by atoms with Gasteiger partial charge in [0.1, 0.15) is 6.04 Å². The van der Waals surface area contributed by atoms with Crippen molar-refractivity contribution in [2.45, 2.75) is 96.4 Å². The number of amides is 2. The van der Waals surface area contributed by atoms with Gasteiger partial charge in [0.05, 0.1) is 6.42 Å². The average molecular weight is 373 g/mol. The molecule has 7 nitrogen and oxygen atoms in total. The van der Waals surface area contributed by atoms with Gasteiger partial charge in [0.15, 0.2) is 0 Å². The van der Waals surface area contributed by atoms with Crippen LogP contribution in [-0.2, 0) is 9.59 Å². The third-order valence-electron chi connectivity index (χ3n) is 4.30. The molecular weight excluding hydrogens is 336 g/mol. The lowest BCUT2D eigenvalue weighted by atomic mass is 10.1. The zero-order chi connectivity index (χ0) is 19.6. The molecule has 0 aromatic rings. The van der Waals surface area contributed by atoms with Crippen molar-refractivity contribution in [3.05, 3.63) is 0 Å². The van der Waals surface area contributed by atoms with Crippen LogP contribution >= 0.6 is 0 Å². The van der Waals surface area contributed by atoms with Crippen molar-refractivity contribution in [2.75, 3.05) is 6.54 Å². The molecule has 7 heteroatoms. The number of carboxylic acid groups (broad SMARTS) is 2. The van der Waals surface area contributed by atoms with Gasteiger partial charge < -0.3 is 20.8 Å². The van der Waals surface area contributed by atoms with Gasteiger partial charge in [-0.15, -0.1) is 0 Å². The van der Waals surface area contributed by atoms with Crippen molar-refractivity contribution < 1.29 is 24.6 Å². The second-order valence-corrected chi connectivity index (χ2v) is 6.78. The number of nitrogens with one attached hydrogen (secondary N) is 2. The Labute approximate surface area is 156 Å². The molecule has 0 fully saturated rings. The quantitative estimate of drug-likeness (QED) is 0.289. The molecule has 0 saturated carbocycles. The first-order chi connectivity index (χ1) is 12.5. The second-order valence-electron chi connectivity index (χ2n) is 6.78. The number of hydrogen-bond acceptors (Lipinski definition) is 3. The molecule has 0 rings (SSSR count). The molecule has 0 spiro atoms. The molecule has 0 bridgehead atoms. The molecule has 0 radical (unpaired) electrons. The highest BCUT2D eigenvalue weighted by atomic mass is 16.4. The summed E-state index contributed by atoms with van der Waals surface area (Å²) in [6, 6.07) is -2.05. The summed E-state index contributed by atoms with van der Waals surface area (Å²) in [7, 11) is 0. The fraction of sp³-hybridized carbons (Fsp3) is 0.842. The molecule has 0 aliphatic heterocycles. The Morgan fingerprint density at radius 3 is 1.65 bits per heavy atom. The van der Waals surface area contributed by atoms with Gasteiger partial charge in [-0.1, -0.05) is 77.6 Å². The average Bonchev–Trinajstić information content (AvgIpc) is 2.58. The van der Waals surface area contributed by atoms with E-state index in [1.54, 1.807) is 0 Å². The van der Waals surface area contributed by atoms with Crippen LogP contribution in [0.3, 0.4) is 0 Å². The molecule has 0 aromatic heterocycles. The van der Waals surface area contributed by atoms with Crippen LogP contribution < -0.4 is 10.6 Å². The normalized spacial score (nSPS) is 11.7. The maximum atomic E-state index is 11.6. The largest absolute Gasteiger partial charge is 0.481 e. The lowest BCUT2D eigenvalue weighted by Gasteiger charge is -2.13. The Balaban J connectivity index is 3.47. The van der Waals surface area contributed by atoms with Gasteiger partial charge in [-0.3, -0.25) is 4.79 Å². The van der Waals surface area contributed by atoms with Crippen LogP contribution in [0.15, 0.2) is 0 Å². The van der Waals surface area contributed by atoms with E-state index in [2.05, 4.69) is 17.6 Å². The number of hydrogen-bond donors (Lipinski definition) is 4. The predicted octanol–water partition coefficient (Wildman–Crippen LogP) is 3.91. The maximum Gasteiger partial charge on any atom is 0.326 e. The third kappa shape index (κ3) is 15.7. The van der Waals surface area contributed by atoms with Gasteiger partial charge in [0.25, 0.3) is 0 Å². The molecule has 4 N–H and O–H groups in total. The summed E-state index contributed by atoms with van der Waals surface area (Å²) < 4.78 is 0. The van der Waals surface area contributed by atoms with Crippen LogP contribution in [0.2, 0.25) is 0 Å². The van der Waals surface area contributed by atoms with Crippen molar-refractivity contribution in [3.63, 3.8) is 0 Å². The van der Waals surface area contributed by atoms with Crippen LogP contribution in [0, 0.1) is 0 Å². The third-order valence-corrected chi connectivity index (χ3v) is 4.30. The second kappa shape index (κ2) is 16.7. The SMILES string of the molecule is CCCCCCCCCCCCCCNC(=O)N[C@@H](CC(=O)O)C(=O)O. The van der Waals surface area contributed by atoms with E-state index in [-0.39, 0.29) is 0 Å². The van der Waals surface area contributed by atoms with Crippen LogP contribution in [0.1, 0.15) is 90.4 Å². The number of carbonyl (C=O) groups excluding carboxylic acids is 1. The Morgan fingerprint density at radius 1 is 0.769 bits per heavy atom. The van der Waals surface area contributed by atoms with Gasteiger partial charge in [0, 0.05) is 6.54 Å². The summed E-state index contributed by atoms with van der Waals surface area (Å²) in [6.45, 7) is 2.69. The Hall–Kier alpha value is -1.79. The number of carboxylic acids is 2.